The Hall–Kier alpha value is -4.21. The number of aromatic carboxylic acids is 1. The van der Waals surface area contributed by atoms with E-state index in [1.807, 2.05) is 0 Å². The first kappa shape index (κ1) is 18.2. The average Bonchev–Trinajstić information content (AvgIpc) is 3.25. The second-order valence-electron chi connectivity index (χ2n) is 6.33. The van der Waals surface area contributed by atoms with Crippen molar-refractivity contribution in [1.29, 1.82) is 0 Å². The van der Waals surface area contributed by atoms with E-state index in [0.29, 0.717) is 27.8 Å². The maximum Gasteiger partial charge on any atom is 0.357 e. The lowest BCUT2D eigenvalue weighted by Gasteiger charge is -2.06. The van der Waals surface area contributed by atoms with Crippen LogP contribution in [0.15, 0.2) is 42.6 Å². The van der Waals surface area contributed by atoms with E-state index in [9.17, 15) is 24.2 Å². The van der Waals surface area contributed by atoms with Crippen molar-refractivity contribution in [1.82, 2.24) is 20.0 Å². The van der Waals surface area contributed by atoms with Crippen molar-refractivity contribution in [2.75, 3.05) is 5.32 Å². The molecule has 10 heteroatoms. The number of benzene rings is 2. The second-order valence-corrected chi connectivity index (χ2v) is 6.33. The van der Waals surface area contributed by atoms with Crippen LogP contribution in [-0.2, 0) is 0 Å². The van der Waals surface area contributed by atoms with E-state index in [2.05, 4.69) is 20.6 Å². The summed E-state index contributed by atoms with van der Waals surface area (Å²) in [6.07, 6.45) is 1.25. The van der Waals surface area contributed by atoms with Gasteiger partial charge < -0.3 is 15.5 Å². The zero-order valence-electron chi connectivity index (χ0n) is 15.0. The van der Waals surface area contributed by atoms with Gasteiger partial charge in [0.25, 0.3) is 5.91 Å². The fraction of sp³-hybridized carbons (Fsp3) is 0.0526. The van der Waals surface area contributed by atoms with Gasteiger partial charge in [0.05, 0.1) is 17.4 Å². The molecular weight excluding hydrogens is 381 g/mol. The average molecular weight is 395 g/mol. The molecule has 0 fully saturated rings. The van der Waals surface area contributed by atoms with Gasteiger partial charge in [0.2, 0.25) is 0 Å². The van der Waals surface area contributed by atoms with Crippen LogP contribution in [0.25, 0.3) is 16.6 Å². The Morgan fingerprint density at radius 3 is 2.69 bits per heavy atom. The molecule has 0 aliphatic rings. The molecule has 2 heterocycles. The first-order valence-corrected chi connectivity index (χ1v) is 8.41. The first-order valence-electron chi connectivity index (χ1n) is 8.41. The van der Waals surface area contributed by atoms with Gasteiger partial charge >= 0.3 is 5.97 Å². The molecule has 0 bridgehead atoms. The minimum absolute atomic E-state index is 0.171. The van der Waals surface area contributed by atoms with Crippen molar-refractivity contribution in [3.05, 3.63) is 65.4 Å². The number of hydrogen-bond donors (Lipinski definition) is 4. The summed E-state index contributed by atoms with van der Waals surface area (Å²) in [5, 5.41) is 32.6. The van der Waals surface area contributed by atoms with Crippen LogP contribution in [0.2, 0.25) is 0 Å². The number of nitrogens with zero attached hydrogens (tertiary/aromatic N) is 3. The highest BCUT2D eigenvalue weighted by Crippen LogP contribution is 2.24. The van der Waals surface area contributed by atoms with Crippen molar-refractivity contribution in [3.8, 4) is 11.4 Å². The van der Waals surface area contributed by atoms with Gasteiger partial charge in [-0.05, 0) is 48.9 Å². The fourth-order valence-electron chi connectivity index (χ4n) is 2.97. The number of aryl methyl sites for hydroxylation is 1. The number of carbonyl (C=O) groups excluding carboxylic acids is 1. The van der Waals surface area contributed by atoms with Crippen LogP contribution in [-0.4, -0.2) is 42.1 Å². The summed E-state index contributed by atoms with van der Waals surface area (Å²) >= 11 is 0. The van der Waals surface area contributed by atoms with E-state index in [0.717, 1.165) is 0 Å². The first-order chi connectivity index (χ1) is 13.8. The van der Waals surface area contributed by atoms with Crippen LogP contribution in [0.4, 0.5) is 10.1 Å². The number of carboxylic acid groups (broad SMARTS) is 1. The third-order valence-electron chi connectivity index (χ3n) is 4.34. The number of aromatic hydroxyl groups is 1. The topological polar surface area (TPSA) is 133 Å². The number of hydrogen-bond acceptors (Lipinski definition) is 5. The Kier molecular flexibility index (Phi) is 4.23. The fourth-order valence-corrected chi connectivity index (χ4v) is 2.97. The molecule has 1 amide bonds. The maximum atomic E-state index is 13.3. The molecule has 4 rings (SSSR count). The lowest BCUT2D eigenvalue weighted by molar-refractivity contribution is 0.0692. The number of nitrogens with one attached hydrogen (secondary N) is 2. The van der Waals surface area contributed by atoms with Gasteiger partial charge in [0.1, 0.15) is 5.82 Å². The number of rotatable bonds is 4. The summed E-state index contributed by atoms with van der Waals surface area (Å²) in [6, 6.07) is 8.64. The van der Waals surface area contributed by atoms with Crippen molar-refractivity contribution < 1.29 is 24.2 Å². The highest BCUT2D eigenvalue weighted by molar-refractivity contribution is 6.07. The van der Waals surface area contributed by atoms with Crippen molar-refractivity contribution in [2.45, 2.75) is 6.92 Å². The highest BCUT2D eigenvalue weighted by Gasteiger charge is 2.19. The summed E-state index contributed by atoms with van der Waals surface area (Å²) in [6.45, 7) is 1.68. The molecule has 4 aromatic rings. The number of fused-ring (bicyclic) bond motifs is 1. The van der Waals surface area contributed by atoms with Crippen molar-refractivity contribution in [3.63, 3.8) is 0 Å². The molecule has 0 saturated carbocycles. The molecular formula is C19H14FN5O4. The number of anilines is 1. The van der Waals surface area contributed by atoms with Crippen molar-refractivity contribution in [2.24, 2.45) is 0 Å². The Morgan fingerprint density at radius 1 is 1.17 bits per heavy atom. The predicted molar refractivity (Wildman–Crippen MR) is 101 cm³/mol. The van der Waals surface area contributed by atoms with Gasteiger partial charge in [0.15, 0.2) is 17.1 Å². The molecule has 0 aliphatic carbocycles. The minimum Gasteiger partial charge on any atom is -0.504 e. The Bertz CT molecular complexity index is 1280. The van der Waals surface area contributed by atoms with Crippen LogP contribution in [0.3, 0.4) is 0 Å². The number of carbonyl (C=O) groups is 2. The van der Waals surface area contributed by atoms with Crippen LogP contribution in [0.5, 0.6) is 5.75 Å². The van der Waals surface area contributed by atoms with Gasteiger partial charge in [0, 0.05) is 11.1 Å². The summed E-state index contributed by atoms with van der Waals surface area (Å²) in [5.74, 6) is -2.66. The largest absolute Gasteiger partial charge is 0.504 e. The van der Waals surface area contributed by atoms with Gasteiger partial charge in [-0.25, -0.2) is 13.9 Å². The zero-order valence-corrected chi connectivity index (χ0v) is 15.0. The number of amides is 1. The van der Waals surface area contributed by atoms with Crippen LogP contribution >= 0.6 is 0 Å². The lowest BCUT2D eigenvalue weighted by Crippen LogP contribution is -2.13. The molecule has 0 radical (unpaired) electrons. The monoisotopic (exact) mass is 395 g/mol. The molecule has 2 aromatic heterocycles. The van der Waals surface area contributed by atoms with E-state index in [1.165, 1.54) is 35.1 Å². The quantitative estimate of drug-likeness (QED) is 0.420. The third kappa shape index (κ3) is 3.27. The van der Waals surface area contributed by atoms with Crippen LogP contribution < -0.4 is 5.32 Å². The Balaban J connectivity index is 1.64. The molecule has 2 aromatic carbocycles. The van der Waals surface area contributed by atoms with Crippen molar-refractivity contribution >= 4 is 28.5 Å². The van der Waals surface area contributed by atoms with Gasteiger partial charge in [-0.3, -0.25) is 9.89 Å². The van der Waals surface area contributed by atoms with E-state index in [1.54, 1.807) is 19.1 Å². The second kappa shape index (κ2) is 6.75. The summed E-state index contributed by atoms with van der Waals surface area (Å²) < 4.78 is 14.6. The molecule has 0 unspecified atom stereocenters. The molecule has 9 nitrogen and oxygen atoms in total. The number of carboxylic acids is 1. The molecule has 0 spiro atoms. The summed E-state index contributed by atoms with van der Waals surface area (Å²) in [5.41, 5.74) is 1.48. The number of aromatic nitrogens is 4. The SMILES string of the molecule is Cc1cc(F)ccc1-n1cc(O)c(C(=O)Nc2ccc3[nH]nc(C(=O)O)c3c2)n1. The molecule has 0 saturated heterocycles. The van der Waals surface area contributed by atoms with E-state index >= 15 is 0 Å². The Labute approximate surface area is 162 Å². The lowest BCUT2D eigenvalue weighted by atomic mass is 10.2. The highest BCUT2D eigenvalue weighted by atomic mass is 19.1. The Morgan fingerprint density at radius 2 is 1.97 bits per heavy atom. The smallest absolute Gasteiger partial charge is 0.357 e. The van der Waals surface area contributed by atoms with Gasteiger partial charge in [-0.15, -0.1) is 0 Å². The molecule has 0 aliphatic heterocycles. The molecule has 4 N–H and O–H groups in total. The number of H-pyrrole nitrogens is 1. The van der Waals surface area contributed by atoms with Crippen LogP contribution in [0.1, 0.15) is 26.5 Å². The zero-order chi connectivity index (χ0) is 20.7. The van der Waals surface area contributed by atoms with E-state index < -0.39 is 17.7 Å². The van der Waals surface area contributed by atoms with Gasteiger partial charge in [-0.1, -0.05) is 0 Å². The molecule has 29 heavy (non-hydrogen) atoms. The minimum atomic E-state index is -1.20. The predicted octanol–water partition coefficient (Wildman–Crippen LogP) is 2.85. The van der Waals surface area contributed by atoms with Gasteiger partial charge in [-0.2, -0.15) is 10.2 Å². The molecule has 0 atom stereocenters. The number of halogens is 1. The number of aromatic amines is 1. The van der Waals surface area contributed by atoms with Crippen LogP contribution in [0, 0.1) is 12.7 Å². The molecule has 146 valence electrons. The summed E-state index contributed by atoms with van der Waals surface area (Å²) in [7, 11) is 0. The third-order valence-corrected chi connectivity index (χ3v) is 4.34. The summed E-state index contributed by atoms with van der Waals surface area (Å²) in [4.78, 5) is 23.8. The van der Waals surface area contributed by atoms with E-state index in [4.69, 9.17) is 0 Å². The maximum absolute atomic E-state index is 13.3. The van der Waals surface area contributed by atoms with E-state index in [-0.39, 0.29) is 17.1 Å². The normalized spacial score (nSPS) is 11.0. The standard InChI is InChI=1S/C19H14FN5O4/c1-9-6-10(20)2-5-14(9)25-8-15(26)17(24-25)18(27)21-11-3-4-13-12(7-11)16(19(28)29)23-22-13/h2-8,26H,1H3,(H,21,27)(H,22,23)(H,28,29).